The lowest BCUT2D eigenvalue weighted by molar-refractivity contribution is -0.147. The zero-order chi connectivity index (χ0) is 24.4. The van der Waals surface area contributed by atoms with Crippen molar-refractivity contribution in [3.63, 3.8) is 0 Å². The summed E-state index contributed by atoms with van der Waals surface area (Å²) < 4.78 is 0. The zero-order valence-electron chi connectivity index (χ0n) is 18.8. The predicted molar refractivity (Wildman–Crippen MR) is 122 cm³/mol. The molecule has 2 amide bonds. The number of hydrogen-bond acceptors (Lipinski definition) is 5. The summed E-state index contributed by atoms with van der Waals surface area (Å²) in [4.78, 5) is 50.6. The first-order chi connectivity index (χ1) is 15.7. The van der Waals surface area contributed by atoms with E-state index in [1.54, 1.807) is 60.7 Å². The van der Waals surface area contributed by atoms with E-state index >= 15 is 0 Å². The number of aliphatic carboxylic acids is 2. The van der Waals surface area contributed by atoms with Crippen LogP contribution in [0.3, 0.4) is 0 Å². The van der Waals surface area contributed by atoms with Gasteiger partial charge < -0.3 is 10.2 Å². The Morgan fingerprint density at radius 3 is 1.55 bits per heavy atom. The van der Waals surface area contributed by atoms with E-state index in [1.807, 2.05) is 13.8 Å². The molecule has 0 heterocycles. The molecule has 8 nitrogen and oxygen atoms in total. The van der Waals surface area contributed by atoms with Crippen LogP contribution in [0.4, 0.5) is 0 Å². The second kappa shape index (κ2) is 12.5. The van der Waals surface area contributed by atoms with Crippen molar-refractivity contribution in [2.45, 2.75) is 45.2 Å². The van der Waals surface area contributed by atoms with Gasteiger partial charge in [0, 0.05) is 0 Å². The third-order valence-electron chi connectivity index (χ3n) is 5.07. The highest BCUT2D eigenvalue weighted by Gasteiger charge is 2.32. The summed E-state index contributed by atoms with van der Waals surface area (Å²) in [5.74, 6) is -3.62. The first-order valence-corrected chi connectivity index (χ1v) is 10.8. The second-order valence-electron chi connectivity index (χ2n) is 8.30. The standard InChI is InChI=1S/C25H30N2O6/c1-17(2)13-20(24(30)31)26-21(25(32)33)16-27(22(28)14-18-9-5-3-6-10-18)23(29)15-19-11-7-4-8-12-19/h3-12,17,20-21,26H,13-16H2,1-2H3,(H,30,31)(H,32,33)/t20-,21?/m0/s1. The van der Waals surface area contributed by atoms with Crippen molar-refractivity contribution < 1.29 is 29.4 Å². The normalized spacial score (nSPS) is 12.7. The van der Waals surface area contributed by atoms with E-state index in [0.717, 1.165) is 4.90 Å². The van der Waals surface area contributed by atoms with Crippen LogP contribution in [0.1, 0.15) is 31.4 Å². The lowest BCUT2D eigenvalue weighted by Gasteiger charge is -2.27. The molecule has 0 bridgehead atoms. The van der Waals surface area contributed by atoms with Gasteiger partial charge in [0.1, 0.15) is 12.1 Å². The summed E-state index contributed by atoms with van der Waals surface area (Å²) in [6.07, 6.45) is 0.0408. The van der Waals surface area contributed by atoms with Gasteiger partial charge in [0.25, 0.3) is 0 Å². The highest BCUT2D eigenvalue weighted by molar-refractivity contribution is 5.97. The summed E-state index contributed by atoms with van der Waals surface area (Å²) in [6, 6.07) is 15.1. The first kappa shape index (κ1) is 25.7. The molecule has 0 spiro atoms. The number of nitrogens with zero attached hydrogens (tertiary/aromatic N) is 1. The maximum absolute atomic E-state index is 13.1. The van der Waals surface area contributed by atoms with E-state index in [-0.39, 0.29) is 25.2 Å². The van der Waals surface area contributed by atoms with E-state index < -0.39 is 42.4 Å². The Morgan fingerprint density at radius 2 is 1.18 bits per heavy atom. The molecule has 3 N–H and O–H groups in total. The van der Waals surface area contributed by atoms with Gasteiger partial charge in [0.15, 0.2) is 0 Å². The van der Waals surface area contributed by atoms with Crippen molar-refractivity contribution in [3.8, 4) is 0 Å². The van der Waals surface area contributed by atoms with Crippen LogP contribution in [0.15, 0.2) is 60.7 Å². The predicted octanol–water partition coefficient (Wildman–Crippen LogP) is 2.37. The van der Waals surface area contributed by atoms with Crippen LogP contribution in [0, 0.1) is 5.92 Å². The molecule has 1 unspecified atom stereocenters. The number of nitrogens with one attached hydrogen (secondary N) is 1. The highest BCUT2D eigenvalue weighted by Crippen LogP contribution is 2.11. The van der Waals surface area contributed by atoms with E-state index in [4.69, 9.17) is 0 Å². The Kier molecular flexibility index (Phi) is 9.75. The van der Waals surface area contributed by atoms with Gasteiger partial charge >= 0.3 is 11.9 Å². The molecular weight excluding hydrogens is 424 g/mol. The fourth-order valence-electron chi connectivity index (χ4n) is 3.41. The van der Waals surface area contributed by atoms with Gasteiger partial charge in [0.05, 0.1) is 19.4 Å². The minimum Gasteiger partial charge on any atom is -0.480 e. The molecule has 8 heteroatoms. The Labute approximate surface area is 193 Å². The Hall–Kier alpha value is -3.52. The molecule has 0 radical (unpaired) electrons. The maximum atomic E-state index is 13.1. The molecule has 2 aromatic rings. The average molecular weight is 455 g/mol. The second-order valence-corrected chi connectivity index (χ2v) is 8.30. The summed E-state index contributed by atoms with van der Waals surface area (Å²) >= 11 is 0. The number of imide groups is 1. The van der Waals surface area contributed by atoms with Crippen LogP contribution < -0.4 is 5.32 Å². The zero-order valence-corrected chi connectivity index (χ0v) is 18.8. The number of carbonyl (C=O) groups is 4. The van der Waals surface area contributed by atoms with E-state index in [9.17, 15) is 29.4 Å². The molecule has 0 aromatic heterocycles. The number of benzene rings is 2. The minimum absolute atomic E-state index is 0.00331. The van der Waals surface area contributed by atoms with Gasteiger partial charge in [-0.2, -0.15) is 0 Å². The van der Waals surface area contributed by atoms with Crippen molar-refractivity contribution in [3.05, 3.63) is 71.8 Å². The molecule has 0 saturated heterocycles. The van der Waals surface area contributed by atoms with Gasteiger partial charge in [-0.1, -0.05) is 74.5 Å². The Bertz CT molecular complexity index is 892. The SMILES string of the molecule is CC(C)C[C@H](NC(CN(C(=O)Cc1ccccc1)C(=O)Cc1ccccc1)C(=O)O)C(=O)O. The van der Waals surface area contributed by atoms with Crippen molar-refractivity contribution in [1.29, 1.82) is 0 Å². The van der Waals surface area contributed by atoms with Gasteiger partial charge in [-0.3, -0.25) is 29.4 Å². The average Bonchev–Trinajstić information content (AvgIpc) is 2.76. The van der Waals surface area contributed by atoms with Crippen molar-refractivity contribution in [2.24, 2.45) is 5.92 Å². The summed E-state index contributed by atoms with van der Waals surface area (Å²) in [5, 5.41) is 21.8. The number of carboxylic acids is 2. The molecule has 2 atom stereocenters. The molecule has 0 aliphatic rings. The van der Waals surface area contributed by atoms with Crippen LogP contribution in [-0.2, 0) is 32.0 Å². The van der Waals surface area contributed by atoms with Crippen LogP contribution in [-0.4, -0.2) is 57.5 Å². The Morgan fingerprint density at radius 1 is 0.758 bits per heavy atom. The van der Waals surface area contributed by atoms with Crippen LogP contribution in [0.25, 0.3) is 0 Å². The van der Waals surface area contributed by atoms with Gasteiger partial charge in [-0.05, 0) is 23.5 Å². The van der Waals surface area contributed by atoms with Crippen molar-refractivity contribution in [1.82, 2.24) is 10.2 Å². The topological polar surface area (TPSA) is 124 Å². The number of carboxylic acid groups (broad SMARTS) is 2. The van der Waals surface area contributed by atoms with Crippen LogP contribution in [0.5, 0.6) is 0 Å². The molecule has 2 rings (SSSR count). The highest BCUT2D eigenvalue weighted by atomic mass is 16.4. The molecule has 176 valence electrons. The quantitative estimate of drug-likeness (QED) is 0.450. The van der Waals surface area contributed by atoms with E-state index in [1.165, 1.54) is 0 Å². The number of carbonyl (C=O) groups excluding carboxylic acids is 2. The van der Waals surface area contributed by atoms with Crippen LogP contribution in [0.2, 0.25) is 0 Å². The smallest absolute Gasteiger partial charge is 0.322 e. The molecule has 0 saturated carbocycles. The summed E-state index contributed by atoms with van der Waals surface area (Å²) in [7, 11) is 0. The monoisotopic (exact) mass is 454 g/mol. The molecule has 0 fully saturated rings. The van der Waals surface area contributed by atoms with Gasteiger partial charge in [-0.25, -0.2) is 0 Å². The third kappa shape index (κ3) is 8.50. The first-order valence-electron chi connectivity index (χ1n) is 10.8. The fraction of sp³-hybridized carbons (Fsp3) is 0.360. The Balaban J connectivity index is 2.27. The maximum Gasteiger partial charge on any atom is 0.322 e. The number of amides is 2. The lowest BCUT2D eigenvalue weighted by Crippen LogP contribution is -2.55. The van der Waals surface area contributed by atoms with E-state index in [0.29, 0.717) is 11.1 Å². The molecular formula is C25H30N2O6. The number of hydrogen-bond donors (Lipinski definition) is 3. The number of rotatable bonds is 12. The van der Waals surface area contributed by atoms with Crippen LogP contribution >= 0.6 is 0 Å². The third-order valence-corrected chi connectivity index (χ3v) is 5.07. The molecule has 33 heavy (non-hydrogen) atoms. The summed E-state index contributed by atoms with van der Waals surface area (Å²) in [6.45, 7) is 3.17. The van der Waals surface area contributed by atoms with E-state index in [2.05, 4.69) is 5.32 Å². The summed E-state index contributed by atoms with van der Waals surface area (Å²) in [5.41, 5.74) is 1.37. The van der Waals surface area contributed by atoms with Crippen molar-refractivity contribution >= 4 is 23.8 Å². The minimum atomic E-state index is -1.43. The lowest BCUT2D eigenvalue weighted by atomic mass is 10.0. The fourth-order valence-corrected chi connectivity index (χ4v) is 3.41. The molecule has 2 aromatic carbocycles. The molecule has 0 aliphatic carbocycles. The van der Waals surface area contributed by atoms with Gasteiger partial charge in [-0.15, -0.1) is 0 Å². The van der Waals surface area contributed by atoms with Gasteiger partial charge in [0.2, 0.25) is 11.8 Å². The molecule has 0 aliphatic heterocycles. The van der Waals surface area contributed by atoms with Crippen molar-refractivity contribution in [2.75, 3.05) is 6.54 Å². The largest absolute Gasteiger partial charge is 0.480 e.